The summed E-state index contributed by atoms with van der Waals surface area (Å²) < 4.78 is 16.4. The minimum Gasteiger partial charge on any atom is -0.493 e. The van der Waals surface area contributed by atoms with E-state index in [9.17, 15) is 4.79 Å². The number of ether oxygens (including phenoxy) is 3. The highest BCUT2D eigenvalue weighted by molar-refractivity contribution is 5.76. The van der Waals surface area contributed by atoms with Crippen molar-refractivity contribution in [1.82, 2.24) is 4.98 Å². The minimum absolute atomic E-state index is 0.183. The van der Waals surface area contributed by atoms with Crippen molar-refractivity contribution in [1.29, 1.82) is 0 Å². The molecular weight excluding hydrogens is 366 g/mol. The Labute approximate surface area is 170 Å². The van der Waals surface area contributed by atoms with Crippen LogP contribution in [-0.4, -0.2) is 24.7 Å². The largest absolute Gasteiger partial charge is 0.493 e. The first-order valence-corrected chi connectivity index (χ1v) is 9.22. The van der Waals surface area contributed by atoms with Crippen LogP contribution < -0.4 is 14.2 Å². The van der Waals surface area contributed by atoms with Crippen LogP contribution in [0.1, 0.15) is 22.3 Å². The molecule has 0 aliphatic heterocycles. The van der Waals surface area contributed by atoms with Gasteiger partial charge in [0, 0.05) is 12.4 Å². The van der Waals surface area contributed by atoms with Crippen LogP contribution >= 0.6 is 0 Å². The van der Waals surface area contributed by atoms with Crippen molar-refractivity contribution < 1.29 is 19.0 Å². The van der Waals surface area contributed by atoms with E-state index in [4.69, 9.17) is 14.2 Å². The smallest absolute Gasteiger partial charge is 0.349 e. The zero-order valence-corrected chi connectivity index (χ0v) is 16.7. The second kappa shape index (κ2) is 9.55. The van der Waals surface area contributed by atoms with Gasteiger partial charge < -0.3 is 14.2 Å². The molecule has 148 valence electrons. The molecule has 0 bridgehead atoms. The normalized spacial score (nSPS) is 10.7. The van der Waals surface area contributed by atoms with E-state index >= 15 is 0 Å². The number of hydrogen-bond donors (Lipinski definition) is 0. The Morgan fingerprint density at radius 2 is 1.69 bits per heavy atom. The molecule has 0 saturated heterocycles. The highest BCUT2D eigenvalue weighted by atomic mass is 16.6. The van der Waals surface area contributed by atoms with E-state index in [0.29, 0.717) is 17.2 Å². The van der Waals surface area contributed by atoms with Crippen LogP contribution in [0.15, 0.2) is 60.9 Å². The van der Waals surface area contributed by atoms with Gasteiger partial charge in [0.2, 0.25) is 0 Å². The molecule has 3 rings (SSSR count). The van der Waals surface area contributed by atoms with E-state index in [1.54, 1.807) is 18.5 Å². The first-order valence-electron chi connectivity index (χ1n) is 9.22. The average molecular weight is 389 g/mol. The van der Waals surface area contributed by atoms with Crippen molar-refractivity contribution >= 4 is 18.1 Å². The van der Waals surface area contributed by atoms with Gasteiger partial charge in [-0.25, -0.2) is 4.79 Å². The number of nitrogens with zero attached hydrogens (tertiary/aromatic N) is 1. The third kappa shape index (κ3) is 5.45. The van der Waals surface area contributed by atoms with Gasteiger partial charge >= 0.3 is 5.97 Å². The molecule has 0 unspecified atom stereocenters. The van der Waals surface area contributed by atoms with Gasteiger partial charge in [0.15, 0.2) is 18.1 Å². The van der Waals surface area contributed by atoms with Crippen LogP contribution in [0, 0.1) is 13.8 Å². The minimum atomic E-state index is -0.496. The van der Waals surface area contributed by atoms with Gasteiger partial charge in [-0.3, -0.25) is 4.98 Å². The van der Waals surface area contributed by atoms with E-state index < -0.39 is 5.97 Å². The summed E-state index contributed by atoms with van der Waals surface area (Å²) in [6.45, 7) is 3.77. The van der Waals surface area contributed by atoms with Gasteiger partial charge in [-0.15, -0.1) is 0 Å². The number of hydrogen-bond acceptors (Lipinski definition) is 5. The monoisotopic (exact) mass is 389 g/mol. The lowest BCUT2D eigenvalue weighted by atomic mass is 10.1. The number of aromatic nitrogens is 1. The lowest BCUT2D eigenvalue weighted by Gasteiger charge is -2.12. The summed E-state index contributed by atoms with van der Waals surface area (Å²) >= 11 is 0. The number of rotatable bonds is 7. The number of carbonyl (C=O) groups is 1. The zero-order valence-electron chi connectivity index (χ0n) is 16.7. The average Bonchev–Trinajstić information content (AvgIpc) is 2.74. The van der Waals surface area contributed by atoms with E-state index in [0.717, 1.165) is 22.3 Å². The van der Waals surface area contributed by atoms with Crippen LogP contribution in [0.5, 0.6) is 17.2 Å². The number of pyridine rings is 1. The molecule has 0 fully saturated rings. The lowest BCUT2D eigenvalue weighted by molar-refractivity contribution is -0.136. The highest BCUT2D eigenvalue weighted by Gasteiger charge is 2.12. The molecule has 5 nitrogen and oxygen atoms in total. The summed E-state index contributed by atoms with van der Waals surface area (Å²) in [5.41, 5.74) is 4.07. The second-order valence-corrected chi connectivity index (χ2v) is 6.48. The Morgan fingerprint density at radius 3 is 2.45 bits per heavy atom. The van der Waals surface area contributed by atoms with Crippen molar-refractivity contribution in [2.24, 2.45) is 0 Å². The molecule has 5 heteroatoms. The predicted molar refractivity (Wildman–Crippen MR) is 113 cm³/mol. The van der Waals surface area contributed by atoms with Gasteiger partial charge in [0.1, 0.15) is 5.75 Å². The first kappa shape index (κ1) is 20.1. The van der Waals surface area contributed by atoms with Crippen molar-refractivity contribution in [2.75, 3.05) is 13.7 Å². The number of carbonyl (C=O) groups excluding carboxylic acids is 1. The Balaban J connectivity index is 1.65. The Morgan fingerprint density at radius 1 is 0.931 bits per heavy atom. The quantitative estimate of drug-likeness (QED) is 0.427. The van der Waals surface area contributed by atoms with E-state index in [2.05, 4.69) is 4.98 Å². The summed E-state index contributed by atoms with van der Waals surface area (Å²) in [5, 5.41) is 0. The fourth-order valence-corrected chi connectivity index (χ4v) is 2.71. The Hall–Kier alpha value is -3.60. The molecule has 0 radical (unpaired) electrons. The molecule has 1 heterocycles. The fraction of sp³-hybridized carbons (Fsp3) is 0.167. The zero-order chi connectivity index (χ0) is 20.6. The van der Waals surface area contributed by atoms with E-state index in [1.165, 1.54) is 7.11 Å². The molecule has 1 aromatic heterocycles. The molecule has 0 amide bonds. The molecular formula is C24H23NO4. The second-order valence-electron chi connectivity index (χ2n) is 6.48. The summed E-state index contributed by atoms with van der Waals surface area (Å²) in [6.07, 6.45) is 7.40. The maximum Gasteiger partial charge on any atom is 0.349 e. The number of benzene rings is 2. The van der Waals surface area contributed by atoms with Crippen LogP contribution in [0.4, 0.5) is 0 Å². The SMILES string of the molecule is COc1cc(/C=C/c2ccncc2)ccc1OC(=O)COc1cccc(C)c1C. The molecule has 0 saturated carbocycles. The molecule has 3 aromatic rings. The lowest BCUT2D eigenvalue weighted by Crippen LogP contribution is -2.18. The molecule has 2 aromatic carbocycles. The maximum absolute atomic E-state index is 12.2. The van der Waals surface area contributed by atoms with Crippen molar-refractivity contribution in [3.63, 3.8) is 0 Å². The third-order valence-corrected chi connectivity index (χ3v) is 4.49. The molecule has 0 spiro atoms. The van der Waals surface area contributed by atoms with Crippen LogP contribution in [0.3, 0.4) is 0 Å². The van der Waals surface area contributed by atoms with Crippen LogP contribution in [-0.2, 0) is 4.79 Å². The first-order chi connectivity index (χ1) is 14.1. The summed E-state index contributed by atoms with van der Waals surface area (Å²) in [5.74, 6) is 1.000. The van der Waals surface area contributed by atoms with E-state index in [-0.39, 0.29) is 6.61 Å². The van der Waals surface area contributed by atoms with Crippen molar-refractivity contribution in [3.05, 3.63) is 83.2 Å². The summed E-state index contributed by atoms with van der Waals surface area (Å²) in [4.78, 5) is 16.2. The fourth-order valence-electron chi connectivity index (χ4n) is 2.71. The maximum atomic E-state index is 12.2. The van der Waals surface area contributed by atoms with Gasteiger partial charge in [-0.2, -0.15) is 0 Å². The molecule has 0 aliphatic rings. The highest BCUT2D eigenvalue weighted by Crippen LogP contribution is 2.29. The van der Waals surface area contributed by atoms with E-state index in [1.807, 2.05) is 68.5 Å². The predicted octanol–water partition coefficient (Wildman–Crippen LogP) is 4.86. The summed E-state index contributed by atoms with van der Waals surface area (Å²) in [7, 11) is 1.54. The topological polar surface area (TPSA) is 57.7 Å². The van der Waals surface area contributed by atoms with Crippen molar-refractivity contribution in [3.8, 4) is 17.2 Å². The van der Waals surface area contributed by atoms with Gasteiger partial charge in [-0.05, 0) is 66.4 Å². The van der Waals surface area contributed by atoms with Gasteiger partial charge in [0.05, 0.1) is 7.11 Å². The summed E-state index contributed by atoms with van der Waals surface area (Å²) in [6, 6.07) is 14.9. The molecule has 29 heavy (non-hydrogen) atoms. The number of aryl methyl sites for hydroxylation is 1. The van der Waals surface area contributed by atoms with Gasteiger partial charge in [-0.1, -0.05) is 30.4 Å². The standard InChI is InChI=1S/C24H23NO4/c1-17-5-4-6-21(18(17)2)28-16-24(26)29-22-10-9-20(15-23(22)27-3)8-7-19-11-13-25-14-12-19/h4-15H,16H2,1-3H3/b8-7+. The number of esters is 1. The Kier molecular flexibility index (Phi) is 6.63. The molecule has 0 N–H and O–H groups in total. The molecule has 0 atom stereocenters. The number of methoxy groups -OCH3 is 1. The Bertz CT molecular complexity index is 1010. The van der Waals surface area contributed by atoms with Crippen molar-refractivity contribution in [2.45, 2.75) is 13.8 Å². The van der Waals surface area contributed by atoms with Crippen LogP contribution in [0.2, 0.25) is 0 Å². The molecule has 0 aliphatic carbocycles. The van der Waals surface area contributed by atoms with Crippen LogP contribution in [0.25, 0.3) is 12.2 Å². The third-order valence-electron chi connectivity index (χ3n) is 4.49. The van der Waals surface area contributed by atoms with Gasteiger partial charge in [0.25, 0.3) is 0 Å².